The molecule has 3 N–H and O–H groups in total. The Kier molecular flexibility index (Phi) is 7.92. The summed E-state index contributed by atoms with van der Waals surface area (Å²) in [6, 6.07) is 6.43. The summed E-state index contributed by atoms with van der Waals surface area (Å²) in [6.45, 7) is 4.49. The van der Waals surface area contributed by atoms with E-state index in [9.17, 15) is 8.42 Å². The average molecular weight is 505 g/mol. The minimum Gasteiger partial charge on any atom is -0.361 e. The summed E-state index contributed by atoms with van der Waals surface area (Å²) >= 11 is 0. The Hall–Kier alpha value is -1.33. The van der Waals surface area contributed by atoms with Crippen molar-refractivity contribution in [3.05, 3.63) is 35.5 Å². The SMILES string of the molecule is CN=C(NCCc1c[nH]c2cc(C)ccc12)NCCN1CCCS1(=O)=O.I. The molecule has 1 aromatic carbocycles. The van der Waals surface area contributed by atoms with Gasteiger partial charge >= 0.3 is 0 Å². The maximum Gasteiger partial charge on any atom is 0.214 e. The van der Waals surface area contributed by atoms with E-state index in [0.717, 1.165) is 24.9 Å². The predicted molar refractivity (Wildman–Crippen MR) is 121 cm³/mol. The Labute approximate surface area is 178 Å². The number of aliphatic imine (C=N–C) groups is 1. The molecule has 2 aromatic rings. The van der Waals surface area contributed by atoms with Crippen molar-refractivity contribution in [2.24, 2.45) is 4.99 Å². The van der Waals surface area contributed by atoms with Gasteiger partial charge < -0.3 is 15.6 Å². The van der Waals surface area contributed by atoms with Crippen molar-refractivity contribution in [2.75, 3.05) is 39.0 Å². The lowest BCUT2D eigenvalue weighted by Crippen LogP contribution is -2.42. The van der Waals surface area contributed by atoms with E-state index in [1.807, 2.05) is 0 Å². The lowest BCUT2D eigenvalue weighted by molar-refractivity contribution is 0.445. The smallest absolute Gasteiger partial charge is 0.214 e. The molecule has 0 atom stereocenters. The van der Waals surface area contributed by atoms with Crippen molar-refractivity contribution >= 4 is 50.9 Å². The molecule has 1 aliphatic heterocycles. The minimum absolute atomic E-state index is 0. The third kappa shape index (κ3) is 5.58. The van der Waals surface area contributed by atoms with E-state index in [1.165, 1.54) is 16.5 Å². The van der Waals surface area contributed by atoms with Gasteiger partial charge in [0.1, 0.15) is 0 Å². The minimum atomic E-state index is -3.03. The second-order valence-electron chi connectivity index (χ2n) is 6.61. The zero-order chi connectivity index (χ0) is 18.6. The number of aromatic nitrogens is 1. The van der Waals surface area contributed by atoms with E-state index in [0.29, 0.717) is 25.6 Å². The fourth-order valence-corrected chi connectivity index (χ4v) is 4.81. The lowest BCUT2D eigenvalue weighted by atomic mass is 10.1. The van der Waals surface area contributed by atoms with Crippen LogP contribution >= 0.6 is 24.0 Å². The second kappa shape index (κ2) is 9.74. The Morgan fingerprint density at radius 2 is 2.07 bits per heavy atom. The first-order valence-corrected chi connectivity index (χ1v) is 10.6. The van der Waals surface area contributed by atoms with Gasteiger partial charge in [-0.1, -0.05) is 12.1 Å². The van der Waals surface area contributed by atoms with Crippen LogP contribution in [0.3, 0.4) is 0 Å². The molecule has 1 saturated heterocycles. The summed E-state index contributed by atoms with van der Waals surface area (Å²) in [5.74, 6) is 0.960. The van der Waals surface area contributed by atoms with Crippen LogP contribution in [0.2, 0.25) is 0 Å². The highest BCUT2D eigenvalue weighted by atomic mass is 127. The highest BCUT2D eigenvalue weighted by molar-refractivity contribution is 14.0. The van der Waals surface area contributed by atoms with Crippen LogP contribution in [-0.4, -0.2) is 62.6 Å². The maximum atomic E-state index is 11.8. The topological polar surface area (TPSA) is 89.6 Å². The van der Waals surface area contributed by atoms with Gasteiger partial charge in [-0.05, 0) is 37.0 Å². The summed E-state index contributed by atoms with van der Waals surface area (Å²) in [6.07, 6.45) is 3.66. The molecule has 1 aromatic heterocycles. The lowest BCUT2D eigenvalue weighted by Gasteiger charge is -2.16. The molecule has 0 radical (unpaired) electrons. The predicted octanol–water partition coefficient (Wildman–Crippen LogP) is 1.84. The summed E-state index contributed by atoms with van der Waals surface area (Å²) in [5.41, 5.74) is 3.68. The maximum absolute atomic E-state index is 11.8. The van der Waals surface area contributed by atoms with Crippen LogP contribution in [0.1, 0.15) is 17.5 Å². The number of aryl methyl sites for hydroxylation is 1. The van der Waals surface area contributed by atoms with E-state index in [4.69, 9.17) is 0 Å². The standard InChI is InChI=1S/C18H27N5O2S.HI/c1-14-4-5-16-15(13-22-17(16)12-14)6-7-20-18(19-2)21-8-10-23-9-3-11-26(23,24)25;/h4-5,12-13,22H,3,6-11H2,1-2H3,(H2,19,20,21);1H. The number of hydrogen-bond donors (Lipinski definition) is 3. The highest BCUT2D eigenvalue weighted by Gasteiger charge is 2.27. The van der Waals surface area contributed by atoms with Crippen LogP contribution in [-0.2, 0) is 16.4 Å². The average Bonchev–Trinajstić information content (AvgIpc) is 3.16. The number of H-pyrrole nitrogens is 1. The number of rotatable bonds is 6. The molecule has 9 heteroatoms. The highest BCUT2D eigenvalue weighted by Crippen LogP contribution is 2.19. The number of halogens is 1. The molecule has 1 fully saturated rings. The normalized spacial score (nSPS) is 17.0. The zero-order valence-electron chi connectivity index (χ0n) is 15.8. The van der Waals surface area contributed by atoms with Gasteiger partial charge in [0, 0.05) is 50.3 Å². The van der Waals surface area contributed by atoms with Gasteiger partial charge in [0.05, 0.1) is 5.75 Å². The van der Waals surface area contributed by atoms with E-state index >= 15 is 0 Å². The van der Waals surface area contributed by atoms with E-state index in [-0.39, 0.29) is 29.7 Å². The monoisotopic (exact) mass is 505 g/mol. The van der Waals surface area contributed by atoms with E-state index < -0.39 is 10.0 Å². The number of nitrogens with zero attached hydrogens (tertiary/aromatic N) is 2. The Morgan fingerprint density at radius 3 is 2.78 bits per heavy atom. The number of fused-ring (bicyclic) bond motifs is 1. The van der Waals surface area contributed by atoms with Crippen LogP contribution in [0.15, 0.2) is 29.4 Å². The molecule has 150 valence electrons. The quantitative estimate of drug-likeness (QED) is 0.318. The third-order valence-electron chi connectivity index (χ3n) is 4.69. The number of hydrogen-bond acceptors (Lipinski definition) is 3. The largest absolute Gasteiger partial charge is 0.361 e. The molecule has 0 saturated carbocycles. The number of benzene rings is 1. The van der Waals surface area contributed by atoms with Crippen molar-refractivity contribution in [1.82, 2.24) is 19.9 Å². The Bertz CT molecular complexity index is 894. The van der Waals surface area contributed by atoms with Crippen molar-refractivity contribution in [1.29, 1.82) is 0 Å². The first-order chi connectivity index (χ1) is 12.5. The fraction of sp³-hybridized carbons (Fsp3) is 0.500. The van der Waals surface area contributed by atoms with Crippen LogP contribution < -0.4 is 10.6 Å². The molecule has 3 rings (SSSR count). The molecule has 0 unspecified atom stereocenters. The summed E-state index contributed by atoms with van der Waals surface area (Å²) < 4.78 is 25.1. The number of guanidine groups is 1. The summed E-state index contributed by atoms with van der Waals surface area (Å²) in [5, 5.41) is 7.72. The van der Waals surface area contributed by atoms with Gasteiger partial charge in [-0.2, -0.15) is 0 Å². The molecular weight excluding hydrogens is 477 g/mol. The van der Waals surface area contributed by atoms with Crippen LogP contribution in [0, 0.1) is 6.92 Å². The number of aromatic amines is 1. The van der Waals surface area contributed by atoms with Gasteiger partial charge in [-0.15, -0.1) is 24.0 Å². The number of nitrogens with one attached hydrogen (secondary N) is 3. The van der Waals surface area contributed by atoms with Crippen molar-refractivity contribution in [2.45, 2.75) is 19.8 Å². The molecule has 7 nitrogen and oxygen atoms in total. The van der Waals surface area contributed by atoms with Crippen LogP contribution in [0.5, 0.6) is 0 Å². The van der Waals surface area contributed by atoms with E-state index in [1.54, 1.807) is 11.4 Å². The summed E-state index contributed by atoms with van der Waals surface area (Å²) in [7, 11) is -1.31. The van der Waals surface area contributed by atoms with E-state index in [2.05, 4.69) is 51.9 Å². The second-order valence-corrected chi connectivity index (χ2v) is 8.70. The molecule has 2 heterocycles. The first-order valence-electron chi connectivity index (χ1n) is 8.98. The fourth-order valence-electron chi connectivity index (χ4n) is 3.28. The molecule has 27 heavy (non-hydrogen) atoms. The zero-order valence-corrected chi connectivity index (χ0v) is 18.9. The van der Waals surface area contributed by atoms with Crippen LogP contribution in [0.4, 0.5) is 0 Å². The van der Waals surface area contributed by atoms with Gasteiger partial charge in [0.15, 0.2) is 5.96 Å². The molecule has 0 bridgehead atoms. The van der Waals surface area contributed by atoms with Crippen molar-refractivity contribution in [3.8, 4) is 0 Å². The molecule has 0 spiro atoms. The van der Waals surface area contributed by atoms with Crippen LogP contribution in [0.25, 0.3) is 10.9 Å². The van der Waals surface area contributed by atoms with Crippen molar-refractivity contribution in [3.63, 3.8) is 0 Å². The van der Waals surface area contributed by atoms with Gasteiger partial charge in [-0.25, -0.2) is 12.7 Å². The van der Waals surface area contributed by atoms with Crippen molar-refractivity contribution < 1.29 is 8.42 Å². The molecule has 1 aliphatic rings. The Morgan fingerprint density at radius 1 is 1.30 bits per heavy atom. The Balaban J connectivity index is 0.00000261. The number of sulfonamides is 1. The third-order valence-corrected chi connectivity index (χ3v) is 6.65. The van der Waals surface area contributed by atoms with Gasteiger partial charge in [0.25, 0.3) is 0 Å². The van der Waals surface area contributed by atoms with Gasteiger partial charge in [-0.3, -0.25) is 4.99 Å². The molecule has 0 aliphatic carbocycles. The van der Waals surface area contributed by atoms with Gasteiger partial charge in [0.2, 0.25) is 10.0 Å². The molecule has 0 amide bonds. The summed E-state index contributed by atoms with van der Waals surface area (Å²) in [4.78, 5) is 7.52. The first kappa shape index (κ1) is 22.0. The molecular formula is C18H28IN5O2S.